The molecule has 0 radical (unpaired) electrons. The van der Waals surface area contributed by atoms with Crippen molar-refractivity contribution in [3.63, 3.8) is 0 Å². The van der Waals surface area contributed by atoms with Crippen molar-refractivity contribution in [2.24, 2.45) is 7.05 Å². The summed E-state index contributed by atoms with van der Waals surface area (Å²) in [6, 6.07) is 0. The van der Waals surface area contributed by atoms with Crippen LogP contribution in [0.25, 0.3) is 0 Å². The van der Waals surface area contributed by atoms with E-state index in [1.165, 1.54) is 42.6 Å². The van der Waals surface area contributed by atoms with Crippen LogP contribution in [0.2, 0.25) is 0 Å². The summed E-state index contributed by atoms with van der Waals surface area (Å²) in [4.78, 5) is 0. The van der Waals surface area contributed by atoms with Crippen molar-refractivity contribution >= 4 is 0 Å². The Morgan fingerprint density at radius 1 is 1.07 bits per heavy atom. The van der Waals surface area contributed by atoms with Crippen LogP contribution in [0.15, 0.2) is 0 Å². The van der Waals surface area contributed by atoms with E-state index in [-0.39, 0.29) is 0 Å². The van der Waals surface area contributed by atoms with Gasteiger partial charge in [-0.25, -0.2) is 0 Å². The van der Waals surface area contributed by atoms with E-state index in [1.807, 2.05) is 0 Å². The standard InChI is InChI=1S/C13H25N2/c1-6-7-8-9-10-15-13(4)11(2)12(3)14(15)5/h6-10H2,1-5H3/q+1. The minimum Gasteiger partial charge on any atom is -0.158 e. The molecule has 1 aromatic rings. The van der Waals surface area contributed by atoms with Gasteiger partial charge in [0.1, 0.15) is 0 Å². The molecule has 0 aromatic carbocycles. The van der Waals surface area contributed by atoms with Crippen LogP contribution in [0, 0.1) is 20.8 Å². The SMILES string of the molecule is CCCCCCn1c(C)c(C)c(C)[n+]1C. The summed E-state index contributed by atoms with van der Waals surface area (Å²) in [5, 5.41) is 0. The molecule has 86 valence electrons. The zero-order valence-corrected chi connectivity index (χ0v) is 10.9. The molecule has 1 aromatic heterocycles. The molecular weight excluding hydrogens is 184 g/mol. The normalized spacial score (nSPS) is 11.0. The van der Waals surface area contributed by atoms with Gasteiger partial charge in [0.15, 0.2) is 7.05 Å². The first-order valence-corrected chi connectivity index (χ1v) is 6.12. The molecule has 0 bridgehead atoms. The number of nitrogens with zero attached hydrogens (tertiary/aromatic N) is 2. The van der Waals surface area contributed by atoms with E-state index in [0.29, 0.717) is 0 Å². The maximum Gasteiger partial charge on any atom is 0.207 e. The van der Waals surface area contributed by atoms with E-state index in [4.69, 9.17) is 0 Å². The highest BCUT2D eigenvalue weighted by Gasteiger charge is 2.17. The molecule has 2 heteroatoms. The van der Waals surface area contributed by atoms with Crippen molar-refractivity contribution in [1.82, 2.24) is 4.68 Å². The molecule has 0 saturated heterocycles. The third-order valence-electron chi connectivity index (χ3n) is 3.54. The fourth-order valence-electron chi connectivity index (χ4n) is 2.11. The van der Waals surface area contributed by atoms with Crippen molar-refractivity contribution in [2.75, 3.05) is 0 Å². The summed E-state index contributed by atoms with van der Waals surface area (Å²) >= 11 is 0. The number of aromatic nitrogens is 2. The maximum atomic E-state index is 2.40. The minimum absolute atomic E-state index is 1.16. The monoisotopic (exact) mass is 209 g/mol. The Morgan fingerprint density at radius 3 is 2.20 bits per heavy atom. The smallest absolute Gasteiger partial charge is 0.158 e. The van der Waals surface area contributed by atoms with Gasteiger partial charge in [-0.05, 0) is 20.3 Å². The molecule has 0 aliphatic heterocycles. The fraction of sp³-hybridized carbons (Fsp3) is 0.769. The molecule has 1 heterocycles. The summed E-state index contributed by atoms with van der Waals surface area (Å²) in [5.41, 5.74) is 4.25. The zero-order valence-electron chi connectivity index (χ0n) is 10.9. The van der Waals surface area contributed by atoms with Crippen LogP contribution in [0.4, 0.5) is 0 Å². The molecule has 0 amide bonds. The average Bonchev–Trinajstić information content (AvgIpc) is 2.41. The maximum absolute atomic E-state index is 2.40. The first kappa shape index (κ1) is 12.3. The lowest BCUT2D eigenvalue weighted by Crippen LogP contribution is -2.41. The molecule has 0 unspecified atom stereocenters. The van der Waals surface area contributed by atoms with Gasteiger partial charge in [0.2, 0.25) is 5.69 Å². The molecule has 1 rings (SSSR count). The van der Waals surface area contributed by atoms with E-state index in [0.717, 1.165) is 6.54 Å². The molecule has 0 spiro atoms. The lowest BCUT2D eigenvalue weighted by molar-refractivity contribution is -0.759. The largest absolute Gasteiger partial charge is 0.207 e. The Kier molecular flexibility index (Phi) is 4.37. The number of hydrogen-bond donors (Lipinski definition) is 0. The Bertz CT molecular complexity index is 298. The second-order valence-electron chi connectivity index (χ2n) is 4.50. The van der Waals surface area contributed by atoms with Crippen LogP contribution in [0.5, 0.6) is 0 Å². The van der Waals surface area contributed by atoms with Crippen LogP contribution >= 0.6 is 0 Å². The van der Waals surface area contributed by atoms with Gasteiger partial charge in [-0.2, -0.15) is 4.68 Å². The van der Waals surface area contributed by atoms with Crippen LogP contribution in [-0.4, -0.2) is 4.68 Å². The van der Waals surface area contributed by atoms with Crippen molar-refractivity contribution in [3.05, 3.63) is 17.0 Å². The van der Waals surface area contributed by atoms with Gasteiger partial charge in [0.25, 0.3) is 0 Å². The molecule has 0 N–H and O–H groups in total. The Balaban J connectivity index is 2.65. The lowest BCUT2D eigenvalue weighted by Gasteiger charge is -2.02. The average molecular weight is 209 g/mol. The van der Waals surface area contributed by atoms with Gasteiger partial charge in [-0.1, -0.05) is 26.2 Å². The van der Waals surface area contributed by atoms with E-state index >= 15 is 0 Å². The van der Waals surface area contributed by atoms with Crippen molar-refractivity contribution < 1.29 is 4.68 Å². The predicted molar refractivity (Wildman–Crippen MR) is 64.0 cm³/mol. The first-order valence-electron chi connectivity index (χ1n) is 6.12. The van der Waals surface area contributed by atoms with Gasteiger partial charge < -0.3 is 0 Å². The summed E-state index contributed by atoms with van der Waals surface area (Å²) in [6.07, 6.45) is 5.33. The van der Waals surface area contributed by atoms with Gasteiger partial charge >= 0.3 is 0 Å². The van der Waals surface area contributed by atoms with Crippen LogP contribution in [0.3, 0.4) is 0 Å². The minimum atomic E-state index is 1.16. The van der Waals surface area contributed by atoms with Gasteiger partial charge in [0.05, 0.1) is 12.2 Å². The topological polar surface area (TPSA) is 8.81 Å². The van der Waals surface area contributed by atoms with Gasteiger partial charge in [-0.15, -0.1) is 4.68 Å². The van der Waals surface area contributed by atoms with Crippen molar-refractivity contribution in [3.8, 4) is 0 Å². The number of unbranched alkanes of at least 4 members (excludes halogenated alkanes) is 3. The Morgan fingerprint density at radius 2 is 1.73 bits per heavy atom. The summed E-state index contributed by atoms with van der Waals surface area (Å²) in [6.45, 7) is 10.1. The quantitative estimate of drug-likeness (QED) is 0.521. The fourth-order valence-corrected chi connectivity index (χ4v) is 2.11. The van der Waals surface area contributed by atoms with E-state index in [9.17, 15) is 0 Å². The first-order chi connectivity index (χ1) is 7.09. The number of rotatable bonds is 5. The molecule has 15 heavy (non-hydrogen) atoms. The predicted octanol–water partition coefficient (Wildman–Crippen LogP) is 2.82. The highest BCUT2D eigenvalue weighted by atomic mass is 15.4. The zero-order chi connectivity index (χ0) is 11.4. The molecule has 0 aliphatic rings. The second-order valence-corrected chi connectivity index (χ2v) is 4.50. The van der Waals surface area contributed by atoms with Crippen molar-refractivity contribution in [1.29, 1.82) is 0 Å². The van der Waals surface area contributed by atoms with E-state index in [2.05, 4.69) is 44.1 Å². The van der Waals surface area contributed by atoms with Crippen LogP contribution in [-0.2, 0) is 13.6 Å². The highest BCUT2D eigenvalue weighted by molar-refractivity contribution is 5.18. The van der Waals surface area contributed by atoms with Gasteiger partial charge in [0, 0.05) is 12.5 Å². The van der Waals surface area contributed by atoms with Gasteiger partial charge in [-0.3, -0.25) is 0 Å². The van der Waals surface area contributed by atoms with Crippen LogP contribution < -0.4 is 4.68 Å². The van der Waals surface area contributed by atoms with Crippen molar-refractivity contribution in [2.45, 2.75) is 59.9 Å². The lowest BCUT2D eigenvalue weighted by atomic mass is 10.2. The highest BCUT2D eigenvalue weighted by Crippen LogP contribution is 2.10. The summed E-state index contributed by atoms with van der Waals surface area (Å²) in [5.74, 6) is 0. The molecule has 0 aliphatic carbocycles. The summed E-state index contributed by atoms with van der Waals surface area (Å²) < 4.78 is 4.69. The van der Waals surface area contributed by atoms with E-state index < -0.39 is 0 Å². The molecular formula is C13H25N2+. The summed E-state index contributed by atoms with van der Waals surface area (Å²) in [7, 11) is 2.16. The van der Waals surface area contributed by atoms with Crippen LogP contribution in [0.1, 0.15) is 49.6 Å². The molecule has 2 nitrogen and oxygen atoms in total. The Labute approximate surface area is 93.9 Å². The third-order valence-corrected chi connectivity index (χ3v) is 3.54. The second kappa shape index (κ2) is 5.34. The third kappa shape index (κ3) is 2.61. The molecule has 0 fully saturated rings. The molecule has 0 atom stereocenters. The molecule has 0 saturated carbocycles. The van der Waals surface area contributed by atoms with E-state index in [1.54, 1.807) is 0 Å². The number of hydrogen-bond acceptors (Lipinski definition) is 0. The Hall–Kier alpha value is -0.790.